The van der Waals surface area contributed by atoms with Crippen LogP contribution in [0.3, 0.4) is 0 Å². The lowest BCUT2D eigenvalue weighted by Gasteiger charge is -2.29. The summed E-state index contributed by atoms with van der Waals surface area (Å²) in [6.45, 7) is 4.36. The van der Waals surface area contributed by atoms with Gasteiger partial charge in [-0.3, -0.25) is 9.59 Å². The fraction of sp³-hybridized carbons (Fsp3) is 0.217. The molecule has 3 aromatic carbocycles. The Labute approximate surface area is 172 Å². The number of carbonyl (C=O) groups excluding carboxylic acids is 2. The van der Waals surface area contributed by atoms with E-state index in [2.05, 4.69) is 13.8 Å². The van der Waals surface area contributed by atoms with Crippen LogP contribution >= 0.6 is 21.6 Å². The number of rotatable bonds is 5. The van der Waals surface area contributed by atoms with E-state index >= 15 is 0 Å². The molecule has 0 atom stereocenters. The maximum Gasteiger partial charge on any atom is 0.266 e. The van der Waals surface area contributed by atoms with Crippen molar-refractivity contribution in [3.63, 3.8) is 0 Å². The number of amides is 2. The SMILES string of the molecule is CC(C)CSSc1ccccc1N1C(=O)Cc2ccc3ccccc3c2C1=O. The predicted octanol–water partition coefficient (Wildman–Crippen LogP) is 5.97. The van der Waals surface area contributed by atoms with Gasteiger partial charge in [0, 0.05) is 10.6 Å². The monoisotopic (exact) mass is 407 g/mol. The number of nitrogens with zero attached hydrogens (tertiary/aromatic N) is 1. The van der Waals surface area contributed by atoms with Crippen LogP contribution in [0, 0.1) is 5.92 Å². The average Bonchev–Trinajstić information content (AvgIpc) is 2.68. The summed E-state index contributed by atoms with van der Waals surface area (Å²) in [5.41, 5.74) is 2.13. The fourth-order valence-electron chi connectivity index (χ4n) is 3.37. The molecular weight excluding hydrogens is 386 g/mol. The van der Waals surface area contributed by atoms with Gasteiger partial charge >= 0.3 is 0 Å². The van der Waals surface area contributed by atoms with Crippen LogP contribution in [0.15, 0.2) is 65.6 Å². The lowest BCUT2D eigenvalue weighted by Crippen LogP contribution is -2.42. The number of hydrogen-bond donors (Lipinski definition) is 0. The number of carbonyl (C=O) groups is 2. The van der Waals surface area contributed by atoms with E-state index < -0.39 is 0 Å². The van der Waals surface area contributed by atoms with Crippen molar-refractivity contribution in [1.29, 1.82) is 0 Å². The van der Waals surface area contributed by atoms with E-state index in [1.54, 1.807) is 21.6 Å². The summed E-state index contributed by atoms with van der Waals surface area (Å²) in [5, 5.41) is 1.92. The molecule has 0 saturated carbocycles. The van der Waals surface area contributed by atoms with Gasteiger partial charge in [-0.15, -0.1) is 0 Å². The van der Waals surface area contributed by atoms with E-state index in [1.807, 2.05) is 60.7 Å². The largest absolute Gasteiger partial charge is 0.274 e. The smallest absolute Gasteiger partial charge is 0.266 e. The van der Waals surface area contributed by atoms with Gasteiger partial charge in [0.05, 0.1) is 17.7 Å². The molecule has 0 unspecified atom stereocenters. The lowest BCUT2D eigenvalue weighted by atomic mass is 9.92. The third kappa shape index (κ3) is 3.56. The summed E-state index contributed by atoms with van der Waals surface area (Å²) in [4.78, 5) is 28.7. The van der Waals surface area contributed by atoms with Crippen molar-refractivity contribution < 1.29 is 9.59 Å². The zero-order valence-corrected chi connectivity index (χ0v) is 17.5. The Morgan fingerprint density at radius 3 is 2.54 bits per heavy atom. The van der Waals surface area contributed by atoms with Gasteiger partial charge in [0.2, 0.25) is 5.91 Å². The molecule has 1 heterocycles. The van der Waals surface area contributed by atoms with Crippen LogP contribution in [0.2, 0.25) is 0 Å². The topological polar surface area (TPSA) is 37.4 Å². The summed E-state index contributed by atoms with van der Waals surface area (Å²) in [5.74, 6) is 1.19. The molecule has 0 radical (unpaired) electrons. The van der Waals surface area contributed by atoms with E-state index in [0.29, 0.717) is 17.2 Å². The Bertz CT molecular complexity index is 1060. The molecule has 1 aliphatic heterocycles. The molecular formula is C23H21NO2S2. The van der Waals surface area contributed by atoms with Crippen molar-refractivity contribution in [2.75, 3.05) is 10.7 Å². The highest BCUT2D eigenvalue weighted by atomic mass is 33.1. The highest BCUT2D eigenvalue weighted by Crippen LogP contribution is 2.40. The number of benzene rings is 3. The van der Waals surface area contributed by atoms with E-state index in [1.165, 1.54) is 4.90 Å². The van der Waals surface area contributed by atoms with Gasteiger partial charge in [0.25, 0.3) is 5.91 Å². The van der Waals surface area contributed by atoms with Gasteiger partial charge in [-0.05, 0) is 34.4 Å². The normalized spacial score (nSPS) is 14.0. The van der Waals surface area contributed by atoms with Gasteiger partial charge in [-0.2, -0.15) is 0 Å². The summed E-state index contributed by atoms with van der Waals surface area (Å²) in [6.07, 6.45) is 0.240. The first-order chi connectivity index (χ1) is 13.6. The minimum atomic E-state index is -0.232. The Morgan fingerprint density at radius 1 is 0.964 bits per heavy atom. The summed E-state index contributed by atoms with van der Waals surface area (Å²) >= 11 is 0. The quantitative estimate of drug-likeness (QED) is 0.386. The maximum atomic E-state index is 13.5. The van der Waals surface area contributed by atoms with Crippen molar-refractivity contribution in [2.24, 2.45) is 5.92 Å². The molecule has 4 rings (SSSR count). The highest BCUT2D eigenvalue weighted by Gasteiger charge is 2.34. The molecule has 0 bridgehead atoms. The van der Waals surface area contributed by atoms with Gasteiger partial charge in [-0.1, -0.05) is 84.0 Å². The molecule has 1 aliphatic rings. The van der Waals surface area contributed by atoms with Crippen molar-refractivity contribution in [3.8, 4) is 0 Å². The first-order valence-corrected chi connectivity index (χ1v) is 11.6. The lowest BCUT2D eigenvalue weighted by molar-refractivity contribution is -0.117. The minimum absolute atomic E-state index is 0.172. The van der Waals surface area contributed by atoms with E-state index in [9.17, 15) is 9.59 Å². The second-order valence-corrected chi connectivity index (χ2v) is 9.64. The second-order valence-electron chi connectivity index (χ2n) is 7.26. The third-order valence-corrected chi connectivity index (χ3v) is 7.43. The van der Waals surface area contributed by atoms with Crippen molar-refractivity contribution in [3.05, 3.63) is 71.8 Å². The number of para-hydroxylation sites is 1. The molecule has 3 nitrogen and oxygen atoms in total. The van der Waals surface area contributed by atoms with E-state index in [-0.39, 0.29) is 18.2 Å². The molecule has 0 fully saturated rings. The summed E-state index contributed by atoms with van der Waals surface area (Å²) in [7, 11) is 3.38. The van der Waals surface area contributed by atoms with Crippen LogP contribution in [0.4, 0.5) is 5.69 Å². The molecule has 142 valence electrons. The second kappa shape index (κ2) is 8.02. The maximum absolute atomic E-state index is 13.5. The molecule has 0 aliphatic carbocycles. The fourth-order valence-corrected chi connectivity index (χ4v) is 6.04. The number of fused-ring (bicyclic) bond motifs is 3. The van der Waals surface area contributed by atoms with Gasteiger partial charge < -0.3 is 0 Å². The van der Waals surface area contributed by atoms with Gasteiger partial charge in [0.15, 0.2) is 0 Å². The molecule has 0 spiro atoms. The summed E-state index contributed by atoms with van der Waals surface area (Å²) < 4.78 is 0. The Kier molecular flexibility index (Phi) is 5.47. The predicted molar refractivity (Wildman–Crippen MR) is 119 cm³/mol. The molecule has 0 aromatic heterocycles. The zero-order chi connectivity index (χ0) is 19.7. The minimum Gasteiger partial charge on any atom is -0.274 e. The van der Waals surface area contributed by atoms with Crippen LogP contribution in [0.25, 0.3) is 10.8 Å². The van der Waals surface area contributed by atoms with Crippen LogP contribution < -0.4 is 4.90 Å². The molecule has 0 saturated heterocycles. The highest BCUT2D eigenvalue weighted by molar-refractivity contribution is 8.76. The van der Waals surface area contributed by atoms with Crippen molar-refractivity contribution >= 4 is 49.9 Å². The molecule has 0 N–H and O–H groups in total. The van der Waals surface area contributed by atoms with Gasteiger partial charge in [0.1, 0.15) is 0 Å². The number of hydrogen-bond acceptors (Lipinski definition) is 4. The number of imide groups is 1. The van der Waals surface area contributed by atoms with Gasteiger partial charge in [-0.25, -0.2) is 4.90 Å². The Balaban J connectivity index is 1.76. The molecule has 5 heteroatoms. The number of anilines is 1. The molecule has 28 heavy (non-hydrogen) atoms. The van der Waals surface area contributed by atoms with Crippen LogP contribution in [-0.4, -0.2) is 17.6 Å². The first-order valence-electron chi connectivity index (χ1n) is 9.32. The zero-order valence-electron chi connectivity index (χ0n) is 15.8. The van der Waals surface area contributed by atoms with Crippen LogP contribution in [0.1, 0.15) is 29.8 Å². The third-order valence-electron chi connectivity index (χ3n) is 4.68. The van der Waals surface area contributed by atoms with Crippen LogP contribution in [-0.2, 0) is 11.2 Å². The average molecular weight is 408 g/mol. The van der Waals surface area contributed by atoms with Crippen molar-refractivity contribution in [1.82, 2.24) is 0 Å². The first kappa shape index (κ1) is 19.1. The molecule has 2 amide bonds. The summed E-state index contributed by atoms with van der Waals surface area (Å²) in [6, 6.07) is 19.4. The van der Waals surface area contributed by atoms with E-state index in [0.717, 1.165) is 27.0 Å². The standard InChI is InChI=1S/C23H21NO2S2/c1-15(2)14-27-28-20-10-6-5-9-19(20)24-21(25)13-17-12-11-16-7-3-4-8-18(16)22(17)23(24)26/h3-12,15H,13-14H2,1-2H3. The molecule has 3 aromatic rings. The Morgan fingerprint density at radius 2 is 1.71 bits per heavy atom. The van der Waals surface area contributed by atoms with Crippen molar-refractivity contribution in [2.45, 2.75) is 25.2 Å². The Hall–Kier alpha value is -2.24. The van der Waals surface area contributed by atoms with E-state index in [4.69, 9.17) is 0 Å². The van der Waals surface area contributed by atoms with Crippen LogP contribution in [0.5, 0.6) is 0 Å².